The average Bonchev–Trinajstić information content (AvgIpc) is 3.07. The molecule has 22 heavy (non-hydrogen) atoms. The number of aromatic carboxylic acids is 1. The summed E-state index contributed by atoms with van der Waals surface area (Å²) >= 11 is 0. The van der Waals surface area contributed by atoms with E-state index in [1.807, 2.05) is 12.1 Å². The van der Waals surface area contributed by atoms with Crippen LogP contribution in [0, 0.1) is 0 Å². The molecule has 0 amide bonds. The van der Waals surface area contributed by atoms with Crippen molar-refractivity contribution in [3.63, 3.8) is 0 Å². The summed E-state index contributed by atoms with van der Waals surface area (Å²) in [6.45, 7) is 0.638. The zero-order chi connectivity index (χ0) is 16.6. The van der Waals surface area contributed by atoms with Gasteiger partial charge in [0.25, 0.3) is 0 Å². The van der Waals surface area contributed by atoms with Crippen LogP contribution in [0.3, 0.4) is 0 Å². The molecular weight excluding hydrogens is 292 g/mol. The fourth-order valence-electron chi connectivity index (χ4n) is 0.993. The number of ether oxygens (including phenoxy) is 1. The quantitative estimate of drug-likeness (QED) is 0.802. The van der Waals surface area contributed by atoms with Crippen LogP contribution in [-0.4, -0.2) is 29.8 Å². The average molecular weight is 306 g/mol. The molecule has 7 heteroatoms. The van der Waals surface area contributed by atoms with Gasteiger partial charge in [-0.2, -0.15) is 9.59 Å². The molecule has 0 spiro atoms. The molecule has 1 aliphatic rings. The van der Waals surface area contributed by atoms with E-state index in [2.05, 4.69) is 9.15 Å². The molecule has 1 fully saturated rings. The molecule has 0 unspecified atom stereocenters. The van der Waals surface area contributed by atoms with Crippen molar-refractivity contribution < 1.29 is 33.4 Å². The summed E-state index contributed by atoms with van der Waals surface area (Å²) in [4.78, 5) is 36.1. The summed E-state index contributed by atoms with van der Waals surface area (Å²) in [5.41, 5.74) is 0.331. The van der Waals surface area contributed by atoms with E-state index in [0.717, 1.165) is 0 Å². The Hall–Kier alpha value is -3.18. The lowest BCUT2D eigenvalue weighted by Crippen LogP contribution is -2.18. The van der Waals surface area contributed by atoms with Crippen molar-refractivity contribution in [2.75, 3.05) is 6.61 Å². The summed E-state index contributed by atoms with van der Waals surface area (Å²) in [5, 5.41) is 8.38. The maximum Gasteiger partial charge on any atom is 0.373 e. The van der Waals surface area contributed by atoms with E-state index in [9.17, 15) is 9.59 Å². The van der Waals surface area contributed by atoms with Gasteiger partial charge in [-0.05, 0) is 24.3 Å². The number of carbonyl (C=O) groups is 2. The van der Waals surface area contributed by atoms with Crippen LogP contribution in [0.2, 0.25) is 0 Å². The minimum absolute atomic E-state index is 0.0648. The van der Waals surface area contributed by atoms with Gasteiger partial charge in [0, 0.05) is 0 Å². The molecule has 3 rings (SSSR count). The van der Waals surface area contributed by atoms with Crippen molar-refractivity contribution in [1.29, 1.82) is 0 Å². The van der Waals surface area contributed by atoms with Gasteiger partial charge in [0.2, 0.25) is 0 Å². The van der Waals surface area contributed by atoms with Gasteiger partial charge in [0.05, 0.1) is 24.5 Å². The Kier molecular flexibility index (Phi) is 11.0. The van der Waals surface area contributed by atoms with Crippen LogP contribution in [0.25, 0.3) is 0 Å². The van der Waals surface area contributed by atoms with Crippen molar-refractivity contribution in [2.45, 2.75) is 6.42 Å². The molecule has 1 aromatic carbocycles. The van der Waals surface area contributed by atoms with Crippen LogP contribution in [0.15, 0.2) is 59.4 Å². The highest BCUT2D eigenvalue weighted by atomic mass is 16.6. The monoisotopic (exact) mass is 306 g/mol. The lowest BCUT2D eigenvalue weighted by Gasteiger charge is -2.09. The summed E-state index contributed by atoms with van der Waals surface area (Å²) < 4.78 is 8.88. The van der Waals surface area contributed by atoms with Gasteiger partial charge < -0.3 is 14.3 Å². The molecular formula is C15H14O7. The SMILES string of the molecule is O=C(O)c1ccccc1.O=C1CCO1.O=C=O.c1ccoc1. The number of rotatable bonds is 1. The molecule has 1 N–H and O–H groups in total. The second-order valence-electron chi connectivity index (χ2n) is 3.52. The van der Waals surface area contributed by atoms with E-state index >= 15 is 0 Å². The molecule has 0 saturated carbocycles. The smallest absolute Gasteiger partial charge is 0.373 e. The summed E-state index contributed by atoms with van der Waals surface area (Å²) in [6, 6.07) is 12.0. The van der Waals surface area contributed by atoms with Gasteiger partial charge >= 0.3 is 18.1 Å². The van der Waals surface area contributed by atoms with Gasteiger partial charge in [-0.25, -0.2) is 4.79 Å². The first-order chi connectivity index (χ1) is 10.6. The molecule has 0 bridgehead atoms. The molecule has 2 heterocycles. The molecule has 116 valence electrons. The normalized spacial score (nSPS) is 10.5. The van der Waals surface area contributed by atoms with Crippen LogP contribution in [0.5, 0.6) is 0 Å². The number of hydrogen-bond donors (Lipinski definition) is 1. The highest BCUT2D eigenvalue weighted by Crippen LogP contribution is 1.97. The highest BCUT2D eigenvalue weighted by molar-refractivity contribution is 5.87. The number of furan rings is 1. The number of carboxylic acid groups (broad SMARTS) is 1. The zero-order valence-electron chi connectivity index (χ0n) is 11.5. The lowest BCUT2D eigenvalue weighted by molar-refractivity contribution is -0.191. The summed E-state index contributed by atoms with van der Waals surface area (Å²) in [6.07, 6.45) is 4.12. The van der Waals surface area contributed by atoms with Gasteiger partial charge in [-0.15, -0.1) is 0 Å². The molecule has 0 atom stereocenters. The van der Waals surface area contributed by atoms with Gasteiger partial charge in [0.15, 0.2) is 0 Å². The maximum absolute atomic E-state index is 10.2. The molecule has 1 saturated heterocycles. The number of esters is 1. The third kappa shape index (κ3) is 10.7. The number of cyclic esters (lactones) is 1. The first-order valence-corrected chi connectivity index (χ1v) is 6.02. The first-order valence-electron chi connectivity index (χ1n) is 6.02. The predicted octanol–water partition coefficient (Wildman–Crippen LogP) is 2.01. The van der Waals surface area contributed by atoms with E-state index in [0.29, 0.717) is 18.6 Å². The molecule has 2 aromatic rings. The Morgan fingerprint density at radius 2 is 1.50 bits per heavy atom. The largest absolute Gasteiger partial charge is 0.478 e. The Balaban J connectivity index is 0.000000291. The van der Waals surface area contributed by atoms with Crippen LogP contribution < -0.4 is 0 Å². The van der Waals surface area contributed by atoms with Crippen molar-refractivity contribution in [3.8, 4) is 0 Å². The van der Waals surface area contributed by atoms with Crippen molar-refractivity contribution in [1.82, 2.24) is 0 Å². The Labute approximate surface area is 126 Å². The Morgan fingerprint density at radius 1 is 1.05 bits per heavy atom. The minimum Gasteiger partial charge on any atom is -0.478 e. The highest BCUT2D eigenvalue weighted by Gasteiger charge is 2.10. The van der Waals surface area contributed by atoms with Gasteiger partial charge in [-0.1, -0.05) is 18.2 Å². The van der Waals surface area contributed by atoms with Gasteiger partial charge in [-0.3, -0.25) is 4.79 Å². The van der Waals surface area contributed by atoms with Crippen LogP contribution in [0.4, 0.5) is 0 Å². The van der Waals surface area contributed by atoms with Crippen molar-refractivity contribution in [3.05, 3.63) is 60.6 Å². The molecule has 7 nitrogen and oxygen atoms in total. The predicted molar refractivity (Wildman–Crippen MR) is 72.7 cm³/mol. The van der Waals surface area contributed by atoms with E-state index in [4.69, 9.17) is 14.7 Å². The minimum atomic E-state index is -0.879. The second-order valence-corrected chi connectivity index (χ2v) is 3.52. The topological polar surface area (TPSA) is 111 Å². The number of carbonyl (C=O) groups excluding carboxylic acids is 3. The van der Waals surface area contributed by atoms with Gasteiger partial charge in [0.1, 0.15) is 6.61 Å². The maximum atomic E-state index is 10.2. The zero-order valence-corrected chi connectivity index (χ0v) is 11.5. The van der Waals surface area contributed by atoms with E-state index in [-0.39, 0.29) is 12.1 Å². The first kappa shape index (κ1) is 18.8. The molecule has 0 aliphatic carbocycles. The Morgan fingerprint density at radius 3 is 1.68 bits per heavy atom. The standard InChI is InChI=1S/C7H6O2.C4H4O.C3H4O2.CO2/c8-7(9)6-4-2-1-3-5-6;1-2-4-5-3-1;4-3-1-2-5-3;2-1-3/h1-5H,(H,8,9);1-4H;1-2H2;. The number of carboxylic acids is 1. The number of hydrogen-bond acceptors (Lipinski definition) is 6. The summed E-state index contributed by atoms with van der Waals surface area (Å²) in [5.74, 6) is -0.944. The van der Waals surface area contributed by atoms with Crippen molar-refractivity contribution in [2.24, 2.45) is 0 Å². The Bertz CT molecular complexity index is 532. The van der Waals surface area contributed by atoms with Crippen molar-refractivity contribution >= 4 is 18.1 Å². The summed E-state index contributed by atoms with van der Waals surface area (Å²) in [7, 11) is 0. The van der Waals surface area contributed by atoms with Crippen LogP contribution in [-0.2, 0) is 19.1 Å². The second kappa shape index (κ2) is 12.8. The molecule has 0 radical (unpaired) electrons. The number of benzene rings is 1. The molecule has 1 aromatic heterocycles. The third-order valence-corrected chi connectivity index (χ3v) is 2.02. The van der Waals surface area contributed by atoms with E-state index in [1.54, 1.807) is 42.9 Å². The third-order valence-electron chi connectivity index (χ3n) is 2.02. The fraction of sp³-hybridized carbons (Fsp3) is 0.133. The lowest BCUT2D eigenvalue weighted by atomic mass is 10.2. The molecule has 1 aliphatic heterocycles. The van der Waals surface area contributed by atoms with E-state index < -0.39 is 5.97 Å². The van der Waals surface area contributed by atoms with Crippen LogP contribution >= 0.6 is 0 Å². The van der Waals surface area contributed by atoms with Crippen LogP contribution in [0.1, 0.15) is 16.8 Å². The van der Waals surface area contributed by atoms with E-state index in [1.165, 1.54) is 0 Å². The fourth-order valence-corrected chi connectivity index (χ4v) is 0.993.